The van der Waals surface area contributed by atoms with Gasteiger partial charge in [0.05, 0.1) is 22.3 Å². The topological polar surface area (TPSA) is 130 Å². The standard InChI is InChI=1S/C24H24Cl2F3N3O6S/c1-10(23(35)36)37-22-20(32-9-17(30-31-32)11-6-15(27)19(29)16(28)7-11)21(34)18(4-5-33)38-24(22)39-12-2-3-13(25)14(26)8-12/h2-3,6-10,18,20-24,33-36H,4-5H2,1H3/t10?,18-,20+,21+,22-,24-/m1/s1. The molecule has 1 aromatic heterocycles. The molecule has 0 radical (unpaired) electrons. The van der Waals surface area contributed by atoms with Crippen LogP contribution in [0.1, 0.15) is 19.4 Å². The van der Waals surface area contributed by atoms with Crippen molar-refractivity contribution in [3.8, 4) is 11.3 Å². The second-order valence-corrected chi connectivity index (χ2v) is 10.8. The molecular formula is C24H24Cl2F3N3O6S. The Bertz CT molecular complexity index is 1280. The molecule has 9 nitrogen and oxygen atoms in total. The Kier molecular flexibility index (Phi) is 9.78. The fourth-order valence-corrected chi connectivity index (χ4v) is 5.60. The van der Waals surface area contributed by atoms with Gasteiger partial charge >= 0.3 is 0 Å². The Morgan fingerprint density at radius 1 is 1.13 bits per heavy atom. The van der Waals surface area contributed by atoms with Crippen LogP contribution in [0.15, 0.2) is 41.4 Å². The summed E-state index contributed by atoms with van der Waals surface area (Å²) in [5.41, 5.74) is -1.06. The molecule has 2 aromatic carbocycles. The lowest BCUT2D eigenvalue weighted by atomic mass is 9.95. The molecule has 3 aromatic rings. The number of rotatable bonds is 9. The van der Waals surface area contributed by atoms with E-state index in [0.29, 0.717) is 9.92 Å². The Hall–Kier alpha value is -1.94. The van der Waals surface area contributed by atoms with Crippen molar-refractivity contribution in [2.45, 2.75) is 60.4 Å². The first-order chi connectivity index (χ1) is 18.5. The van der Waals surface area contributed by atoms with Crippen LogP contribution >= 0.6 is 35.0 Å². The van der Waals surface area contributed by atoms with E-state index in [-0.39, 0.29) is 29.3 Å². The summed E-state index contributed by atoms with van der Waals surface area (Å²) < 4.78 is 54.4. The third kappa shape index (κ3) is 6.69. The van der Waals surface area contributed by atoms with E-state index in [1.807, 2.05) is 0 Å². The summed E-state index contributed by atoms with van der Waals surface area (Å²) in [5.74, 6) is -4.47. The minimum Gasteiger partial charge on any atom is -0.396 e. The smallest absolute Gasteiger partial charge is 0.194 e. The van der Waals surface area contributed by atoms with Crippen molar-refractivity contribution in [1.29, 1.82) is 0 Å². The average Bonchev–Trinajstić information content (AvgIpc) is 3.37. The number of nitrogens with zero attached hydrogens (tertiary/aromatic N) is 3. The molecule has 212 valence electrons. The van der Waals surface area contributed by atoms with Gasteiger partial charge in [0, 0.05) is 17.1 Å². The predicted octanol–water partition coefficient (Wildman–Crippen LogP) is 3.56. The van der Waals surface area contributed by atoms with Crippen LogP contribution in [0.5, 0.6) is 0 Å². The number of hydrogen-bond acceptors (Lipinski definition) is 9. The van der Waals surface area contributed by atoms with Gasteiger partial charge in [0.2, 0.25) is 0 Å². The molecule has 4 rings (SSSR count). The van der Waals surface area contributed by atoms with Crippen LogP contribution in [0.3, 0.4) is 0 Å². The number of benzene rings is 2. The van der Waals surface area contributed by atoms with Crippen molar-refractivity contribution in [3.63, 3.8) is 0 Å². The first-order valence-electron chi connectivity index (χ1n) is 11.6. The summed E-state index contributed by atoms with van der Waals surface area (Å²) in [4.78, 5) is 0.606. The van der Waals surface area contributed by atoms with Crippen molar-refractivity contribution in [2.75, 3.05) is 6.61 Å². The summed E-state index contributed by atoms with van der Waals surface area (Å²) in [7, 11) is 0. The first-order valence-corrected chi connectivity index (χ1v) is 13.3. The molecule has 0 bridgehead atoms. The summed E-state index contributed by atoms with van der Waals surface area (Å²) in [6, 6.07) is 5.26. The number of thioether (sulfide) groups is 1. The molecule has 1 saturated heterocycles. The highest BCUT2D eigenvalue weighted by molar-refractivity contribution is 7.99. The second-order valence-electron chi connectivity index (χ2n) is 8.79. The minimum absolute atomic E-state index is 0.0247. The van der Waals surface area contributed by atoms with Crippen LogP contribution in [-0.2, 0) is 9.47 Å². The average molecular weight is 610 g/mol. The van der Waals surface area contributed by atoms with E-state index in [0.717, 1.165) is 23.9 Å². The van der Waals surface area contributed by atoms with Crippen LogP contribution in [0.4, 0.5) is 13.2 Å². The zero-order valence-electron chi connectivity index (χ0n) is 20.2. The van der Waals surface area contributed by atoms with Gasteiger partial charge in [-0.3, -0.25) is 0 Å². The maximum Gasteiger partial charge on any atom is 0.194 e. The predicted molar refractivity (Wildman–Crippen MR) is 136 cm³/mol. The van der Waals surface area contributed by atoms with E-state index in [1.54, 1.807) is 18.2 Å². The third-order valence-corrected chi connectivity index (χ3v) is 7.97. The molecule has 15 heteroatoms. The molecule has 1 unspecified atom stereocenters. The largest absolute Gasteiger partial charge is 0.396 e. The lowest BCUT2D eigenvalue weighted by Crippen LogP contribution is -2.56. The van der Waals surface area contributed by atoms with E-state index in [9.17, 15) is 33.6 Å². The van der Waals surface area contributed by atoms with Gasteiger partial charge in [0.1, 0.15) is 35.5 Å². The van der Waals surface area contributed by atoms with Crippen molar-refractivity contribution in [1.82, 2.24) is 15.0 Å². The van der Waals surface area contributed by atoms with Gasteiger partial charge in [0.25, 0.3) is 0 Å². The molecule has 1 aliphatic heterocycles. The van der Waals surface area contributed by atoms with Gasteiger partial charge in [-0.25, -0.2) is 17.9 Å². The van der Waals surface area contributed by atoms with Crippen LogP contribution in [-0.4, -0.2) is 78.2 Å². The third-order valence-electron chi connectivity index (χ3n) is 6.09. The monoisotopic (exact) mass is 609 g/mol. The summed E-state index contributed by atoms with van der Waals surface area (Å²) >= 11 is 13.3. The highest BCUT2D eigenvalue weighted by Gasteiger charge is 2.48. The number of ether oxygens (including phenoxy) is 2. The first kappa shape index (κ1) is 30.0. The Balaban J connectivity index is 1.75. The lowest BCUT2D eigenvalue weighted by molar-refractivity contribution is -0.227. The van der Waals surface area contributed by atoms with Gasteiger partial charge in [-0.05, 0) is 43.7 Å². The normalized spacial score (nSPS) is 24.3. The van der Waals surface area contributed by atoms with E-state index < -0.39 is 59.6 Å². The molecule has 4 N–H and O–H groups in total. The van der Waals surface area contributed by atoms with Gasteiger partial charge in [-0.1, -0.05) is 40.2 Å². The van der Waals surface area contributed by atoms with Crippen LogP contribution in [0.2, 0.25) is 10.0 Å². The molecule has 2 heterocycles. The highest BCUT2D eigenvalue weighted by atomic mass is 35.5. The second kappa shape index (κ2) is 12.7. The lowest BCUT2D eigenvalue weighted by Gasteiger charge is -2.45. The zero-order chi connectivity index (χ0) is 28.4. The van der Waals surface area contributed by atoms with E-state index in [4.69, 9.17) is 32.7 Å². The fourth-order valence-electron chi connectivity index (χ4n) is 4.08. The maximum absolute atomic E-state index is 13.8. The minimum atomic E-state index is -1.88. The molecule has 1 aliphatic rings. The van der Waals surface area contributed by atoms with Crippen molar-refractivity contribution in [3.05, 3.63) is 64.0 Å². The Labute approximate surface area is 235 Å². The van der Waals surface area contributed by atoms with E-state index in [2.05, 4.69) is 10.3 Å². The molecule has 0 saturated carbocycles. The molecule has 6 atom stereocenters. The Morgan fingerprint density at radius 3 is 2.44 bits per heavy atom. The number of hydrogen-bond donors (Lipinski definition) is 4. The van der Waals surface area contributed by atoms with Crippen molar-refractivity contribution >= 4 is 35.0 Å². The number of aromatic nitrogens is 3. The Morgan fingerprint density at radius 2 is 1.82 bits per heavy atom. The van der Waals surface area contributed by atoms with Crippen LogP contribution < -0.4 is 0 Å². The van der Waals surface area contributed by atoms with Crippen LogP contribution in [0.25, 0.3) is 11.3 Å². The van der Waals surface area contributed by atoms with Gasteiger partial charge in [-0.15, -0.1) is 5.10 Å². The van der Waals surface area contributed by atoms with Crippen molar-refractivity contribution in [2.24, 2.45) is 0 Å². The molecule has 39 heavy (non-hydrogen) atoms. The van der Waals surface area contributed by atoms with E-state index in [1.165, 1.54) is 17.8 Å². The van der Waals surface area contributed by atoms with Gasteiger partial charge < -0.3 is 29.9 Å². The molecule has 0 spiro atoms. The summed E-state index contributed by atoms with van der Waals surface area (Å²) in [6.07, 6.45) is -5.12. The summed E-state index contributed by atoms with van der Waals surface area (Å²) in [6.45, 7) is 1.07. The molecule has 1 fully saturated rings. The SMILES string of the molecule is CC(O[C@@H]1[C@@H](n2cc(-c3cc(F)c(F)c(F)c3)nn2)[C@@H](O)[C@@H](CCO)O[C@@H]1Sc1ccc(Cl)c(Cl)c1)C(O)O. The number of aliphatic hydroxyl groups excluding tert-OH is 3. The summed E-state index contributed by atoms with van der Waals surface area (Å²) in [5, 5.41) is 48.8. The molecular weight excluding hydrogens is 586 g/mol. The van der Waals surface area contributed by atoms with Gasteiger partial charge in [0.15, 0.2) is 23.7 Å². The van der Waals surface area contributed by atoms with Crippen molar-refractivity contribution < 1.29 is 43.1 Å². The zero-order valence-corrected chi connectivity index (χ0v) is 22.5. The van der Waals surface area contributed by atoms with Gasteiger partial charge in [-0.2, -0.15) is 0 Å². The maximum atomic E-state index is 13.8. The quantitative estimate of drug-likeness (QED) is 0.212. The highest BCUT2D eigenvalue weighted by Crippen LogP contribution is 2.42. The molecule has 0 amide bonds. The molecule has 0 aliphatic carbocycles. The van der Waals surface area contributed by atoms with Crippen LogP contribution in [0, 0.1) is 17.5 Å². The number of halogens is 5. The number of aliphatic hydroxyl groups is 4. The van der Waals surface area contributed by atoms with E-state index >= 15 is 0 Å². The fraction of sp³-hybridized carbons (Fsp3) is 0.417.